The molecule has 1 aliphatic heterocycles. The third-order valence-electron chi connectivity index (χ3n) is 2.23. The van der Waals surface area contributed by atoms with Crippen LogP contribution >= 0.6 is 0 Å². The number of β-lactam (4-membered cyclic amide) rings is 1. The Bertz CT molecular complexity index is 259. The molecule has 1 amide bonds. The molecule has 0 bridgehead atoms. The van der Waals surface area contributed by atoms with Gasteiger partial charge in [-0.1, -0.05) is 19.6 Å². The molecule has 0 unspecified atom stereocenters. The molecule has 1 rings (SSSR count). The van der Waals surface area contributed by atoms with Crippen molar-refractivity contribution < 1.29 is 14.3 Å². The highest BCUT2D eigenvalue weighted by Crippen LogP contribution is 2.27. The number of hydrogen-bond acceptors (Lipinski definition) is 3. The fraction of sp³-hybridized carbons (Fsp3) is 0.778. The van der Waals surface area contributed by atoms with Crippen LogP contribution in [0.25, 0.3) is 0 Å². The van der Waals surface area contributed by atoms with Crippen LogP contribution < -0.4 is 0 Å². The molecule has 0 aliphatic carbocycles. The van der Waals surface area contributed by atoms with Crippen molar-refractivity contribution in [1.82, 2.24) is 4.57 Å². The SMILES string of the molecule is CCOC(=O)[C@@H]1CC(=O)N1[Si](C)(C)C. The molecule has 0 radical (unpaired) electrons. The lowest BCUT2D eigenvalue weighted by Gasteiger charge is -2.46. The van der Waals surface area contributed by atoms with Gasteiger partial charge in [0.15, 0.2) is 8.24 Å². The smallest absolute Gasteiger partial charge is 0.328 e. The predicted octanol–water partition coefficient (Wildman–Crippen LogP) is 0.985. The van der Waals surface area contributed by atoms with E-state index in [9.17, 15) is 9.59 Å². The predicted molar refractivity (Wildman–Crippen MR) is 55.2 cm³/mol. The van der Waals surface area contributed by atoms with Crippen molar-refractivity contribution in [3.8, 4) is 0 Å². The second-order valence-electron chi connectivity index (χ2n) is 4.41. The van der Waals surface area contributed by atoms with Crippen LogP contribution in [0.3, 0.4) is 0 Å². The van der Waals surface area contributed by atoms with E-state index in [0.717, 1.165) is 0 Å². The summed E-state index contributed by atoms with van der Waals surface area (Å²) in [5.74, 6) is -0.170. The van der Waals surface area contributed by atoms with Crippen molar-refractivity contribution >= 4 is 20.1 Å². The second kappa shape index (κ2) is 3.72. The maximum Gasteiger partial charge on any atom is 0.328 e. The van der Waals surface area contributed by atoms with Gasteiger partial charge in [-0.25, -0.2) is 4.79 Å². The van der Waals surface area contributed by atoms with Gasteiger partial charge in [-0.15, -0.1) is 0 Å². The van der Waals surface area contributed by atoms with Gasteiger partial charge in [0.25, 0.3) is 0 Å². The van der Waals surface area contributed by atoms with Crippen molar-refractivity contribution in [2.24, 2.45) is 0 Å². The summed E-state index contributed by atoms with van der Waals surface area (Å²) in [6, 6.07) is -0.311. The summed E-state index contributed by atoms with van der Waals surface area (Å²) in [5, 5.41) is 0. The maximum atomic E-state index is 11.4. The van der Waals surface area contributed by atoms with Gasteiger partial charge in [0.05, 0.1) is 13.0 Å². The first kappa shape index (κ1) is 11.2. The largest absolute Gasteiger partial charge is 0.464 e. The third kappa shape index (κ3) is 1.97. The monoisotopic (exact) mass is 215 g/mol. The Hall–Kier alpha value is -0.843. The number of hydrogen-bond donors (Lipinski definition) is 0. The van der Waals surface area contributed by atoms with E-state index >= 15 is 0 Å². The number of ether oxygens (including phenoxy) is 1. The number of carbonyl (C=O) groups excluding carboxylic acids is 2. The zero-order valence-corrected chi connectivity index (χ0v) is 10.2. The minimum absolute atomic E-state index is 0.0854. The Labute approximate surface area is 85.3 Å². The minimum atomic E-state index is -1.71. The van der Waals surface area contributed by atoms with Crippen LogP contribution in [0, 0.1) is 0 Å². The lowest BCUT2D eigenvalue weighted by molar-refractivity contribution is -0.160. The van der Waals surface area contributed by atoms with E-state index in [1.54, 1.807) is 11.5 Å². The van der Waals surface area contributed by atoms with Crippen molar-refractivity contribution in [2.75, 3.05) is 6.61 Å². The van der Waals surface area contributed by atoms with E-state index < -0.39 is 8.24 Å². The van der Waals surface area contributed by atoms with Gasteiger partial charge in [-0.05, 0) is 6.92 Å². The highest BCUT2D eigenvalue weighted by Gasteiger charge is 2.48. The van der Waals surface area contributed by atoms with Gasteiger partial charge >= 0.3 is 5.97 Å². The fourth-order valence-corrected chi connectivity index (χ4v) is 3.66. The molecule has 0 saturated carbocycles. The molecule has 0 aromatic heterocycles. The molecular formula is C9H17NO3Si. The third-order valence-corrected chi connectivity index (χ3v) is 4.24. The number of esters is 1. The van der Waals surface area contributed by atoms with E-state index in [4.69, 9.17) is 4.74 Å². The van der Waals surface area contributed by atoms with Gasteiger partial charge in [0.2, 0.25) is 5.91 Å². The lowest BCUT2D eigenvalue weighted by atomic mass is 10.1. The Morgan fingerprint density at radius 1 is 1.57 bits per heavy atom. The van der Waals surface area contributed by atoms with Crippen molar-refractivity contribution in [2.45, 2.75) is 39.0 Å². The van der Waals surface area contributed by atoms with Gasteiger partial charge in [-0.3, -0.25) is 4.79 Å². The fourth-order valence-electron chi connectivity index (χ4n) is 1.69. The van der Waals surface area contributed by atoms with Gasteiger partial charge < -0.3 is 9.30 Å². The summed E-state index contributed by atoms with van der Waals surface area (Å²) in [6.07, 6.45) is 0.323. The van der Waals surface area contributed by atoms with E-state index in [0.29, 0.717) is 13.0 Å². The number of amides is 1. The van der Waals surface area contributed by atoms with Crippen molar-refractivity contribution in [1.29, 1.82) is 0 Å². The van der Waals surface area contributed by atoms with Crippen molar-refractivity contribution in [3.05, 3.63) is 0 Å². The van der Waals surface area contributed by atoms with Crippen LogP contribution in [0.5, 0.6) is 0 Å². The van der Waals surface area contributed by atoms with Crippen LogP contribution in [0.15, 0.2) is 0 Å². The maximum absolute atomic E-state index is 11.4. The molecule has 5 heteroatoms. The Kier molecular flexibility index (Phi) is 2.99. The first-order valence-corrected chi connectivity index (χ1v) is 8.31. The molecule has 80 valence electrons. The molecule has 0 N–H and O–H groups in total. The summed E-state index contributed by atoms with van der Waals surface area (Å²) >= 11 is 0. The molecule has 1 aliphatic rings. The van der Waals surface area contributed by atoms with E-state index in [-0.39, 0.29) is 17.9 Å². The summed E-state index contributed by atoms with van der Waals surface area (Å²) in [5.41, 5.74) is 0. The van der Waals surface area contributed by atoms with E-state index in [2.05, 4.69) is 19.6 Å². The zero-order chi connectivity index (χ0) is 10.9. The van der Waals surface area contributed by atoms with Gasteiger partial charge in [-0.2, -0.15) is 0 Å². The topological polar surface area (TPSA) is 46.6 Å². The molecule has 1 fully saturated rings. The highest BCUT2D eigenvalue weighted by atomic mass is 28.3. The second-order valence-corrected chi connectivity index (χ2v) is 9.23. The van der Waals surface area contributed by atoms with Gasteiger partial charge in [0, 0.05) is 0 Å². The Morgan fingerprint density at radius 2 is 2.14 bits per heavy atom. The molecule has 4 nitrogen and oxygen atoms in total. The number of nitrogens with zero attached hydrogens (tertiary/aromatic N) is 1. The molecule has 0 aromatic carbocycles. The summed E-state index contributed by atoms with van der Waals surface area (Å²) in [6.45, 7) is 8.31. The number of carbonyl (C=O) groups is 2. The average Bonchev–Trinajstić information content (AvgIpc) is 1.96. The molecule has 1 saturated heterocycles. The molecule has 1 heterocycles. The molecule has 1 atom stereocenters. The summed E-state index contributed by atoms with van der Waals surface area (Å²) < 4.78 is 6.64. The van der Waals surface area contributed by atoms with Crippen LogP contribution in [0.1, 0.15) is 13.3 Å². The highest BCUT2D eigenvalue weighted by molar-refractivity contribution is 6.76. The first-order chi connectivity index (χ1) is 6.38. The Morgan fingerprint density at radius 3 is 2.50 bits per heavy atom. The average molecular weight is 215 g/mol. The standard InChI is InChI=1S/C9H17NO3Si/c1-5-13-9(12)7-6-8(11)10(7)14(2,3)4/h7H,5-6H2,1-4H3/t7-/m0/s1. The quantitative estimate of drug-likeness (QED) is 0.400. The van der Waals surface area contributed by atoms with E-state index in [1.807, 2.05) is 0 Å². The molecule has 0 spiro atoms. The molecular weight excluding hydrogens is 198 g/mol. The first-order valence-electron chi connectivity index (χ1n) is 4.86. The normalized spacial score (nSPS) is 21.9. The molecule has 14 heavy (non-hydrogen) atoms. The lowest BCUT2D eigenvalue weighted by Crippen LogP contribution is -2.66. The van der Waals surface area contributed by atoms with Crippen LogP contribution in [0.4, 0.5) is 0 Å². The van der Waals surface area contributed by atoms with Crippen LogP contribution in [-0.4, -0.2) is 37.3 Å². The van der Waals surface area contributed by atoms with Gasteiger partial charge in [0.1, 0.15) is 6.04 Å². The number of rotatable bonds is 3. The minimum Gasteiger partial charge on any atom is -0.464 e. The van der Waals surface area contributed by atoms with Crippen LogP contribution in [0.2, 0.25) is 19.6 Å². The van der Waals surface area contributed by atoms with Crippen molar-refractivity contribution in [3.63, 3.8) is 0 Å². The summed E-state index contributed by atoms with van der Waals surface area (Å²) in [7, 11) is -1.71. The zero-order valence-electron chi connectivity index (χ0n) is 9.16. The van der Waals surface area contributed by atoms with Crippen LogP contribution in [-0.2, 0) is 14.3 Å². The Balaban J connectivity index is 2.66. The molecule has 0 aromatic rings. The summed E-state index contributed by atoms with van der Waals surface area (Å²) in [4.78, 5) is 22.8. The van der Waals surface area contributed by atoms with E-state index in [1.165, 1.54) is 0 Å².